The number of benzene rings is 2. The summed E-state index contributed by atoms with van der Waals surface area (Å²) in [5.74, 6) is 0.338. The van der Waals surface area contributed by atoms with Gasteiger partial charge in [0.05, 0.1) is 11.7 Å². The third kappa shape index (κ3) is 4.00. The standard InChI is InChI=1S/C25H23BrN4O2/c1-15(31)30-9-7-16(8-10-30)23-13-21-20-12-19(5-6-22(20)29-24(21)14-27-23)28-25(32)17-3-2-4-18(26)11-17/h2-6,11-14,16,29H,7-10H2,1H3,(H,28,32). The molecule has 6 nitrogen and oxygen atoms in total. The van der Waals surface area contributed by atoms with E-state index in [0.29, 0.717) is 11.5 Å². The first-order chi connectivity index (χ1) is 15.5. The first kappa shape index (κ1) is 20.7. The lowest BCUT2D eigenvalue weighted by molar-refractivity contribution is -0.129. The van der Waals surface area contributed by atoms with Gasteiger partial charge in [0.15, 0.2) is 0 Å². The highest BCUT2D eigenvalue weighted by atomic mass is 79.9. The molecule has 4 aromatic rings. The zero-order chi connectivity index (χ0) is 22.2. The quantitative estimate of drug-likeness (QED) is 0.400. The molecule has 0 saturated carbocycles. The van der Waals surface area contributed by atoms with Gasteiger partial charge in [0.2, 0.25) is 5.91 Å². The summed E-state index contributed by atoms with van der Waals surface area (Å²) in [5, 5.41) is 5.15. The lowest BCUT2D eigenvalue weighted by Crippen LogP contribution is -2.36. The molecule has 1 saturated heterocycles. The Morgan fingerprint density at radius 2 is 1.84 bits per heavy atom. The molecule has 5 rings (SSSR count). The SMILES string of the molecule is CC(=O)N1CCC(c2cc3c(cn2)[nH]c2ccc(NC(=O)c4cccc(Br)c4)cc23)CC1. The van der Waals surface area contributed by atoms with Crippen LogP contribution in [0.25, 0.3) is 21.8 Å². The van der Waals surface area contributed by atoms with E-state index < -0.39 is 0 Å². The van der Waals surface area contributed by atoms with E-state index in [0.717, 1.165) is 63.6 Å². The number of nitrogens with one attached hydrogen (secondary N) is 2. The van der Waals surface area contributed by atoms with Crippen molar-refractivity contribution in [1.29, 1.82) is 0 Å². The average molecular weight is 491 g/mol. The molecule has 0 atom stereocenters. The molecular weight excluding hydrogens is 468 g/mol. The minimum Gasteiger partial charge on any atom is -0.353 e. The fraction of sp³-hybridized carbons (Fsp3) is 0.240. The van der Waals surface area contributed by atoms with E-state index in [9.17, 15) is 9.59 Å². The number of hydrogen-bond acceptors (Lipinski definition) is 3. The van der Waals surface area contributed by atoms with Crippen LogP contribution in [0.5, 0.6) is 0 Å². The minimum absolute atomic E-state index is 0.140. The zero-order valence-electron chi connectivity index (χ0n) is 17.7. The number of amides is 2. The van der Waals surface area contributed by atoms with Crippen molar-refractivity contribution >= 4 is 55.2 Å². The lowest BCUT2D eigenvalue weighted by Gasteiger charge is -2.31. The number of pyridine rings is 1. The monoisotopic (exact) mass is 490 g/mol. The Morgan fingerprint density at radius 3 is 2.59 bits per heavy atom. The maximum atomic E-state index is 12.7. The number of anilines is 1. The first-order valence-corrected chi connectivity index (χ1v) is 11.5. The molecule has 0 bridgehead atoms. The van der Waals surface area contributed by atoms with Crippen LogP contribution >= 0.6 is 15.9 Å². The number of hydrogen-bond donors (Lipinski definition) is 2. The van der Waals surface area contributed by atoms with Crippen molar-refractivity contribution in [1.82, 2.24) is 14.9 Å². The second-order valence-electron chi connectivity index (χ2n) is 8.28. The number of carbonyl (C=O) groups is 2. The van der Waals surface area contributed by atoms with Gasteiger partial charge < -0.3 is 15.2 Å². The van der Waals surface area contributed by atoms with Crippen LogP contribution in [-0.2, 0) is 4.79 Å². The first-order valence-electron chi connectivity index (χ1n) is 10.7. The molecule has 1 aliphatic heterocycles. The predicted octanol–water partition coefficient (Wildman–Crippen LogP) is 5.46. The van der Waals surface area contributed by atoms with Gasteiger partial charge in [0.25, 0.3) is 5.91 Å². The van der Waals surface area contributed by atoms with Crippen LogP contribution in [0.4, 0.5) is 5.69 Å². The summed E-state index contributed by atoms with van der Waals surface area (Å²) in [4.78, 5) is 34.3. The van der Waals surface area contributed by atoms with Crippen molar-refractivity contribution in [3.63, 3.8) is 0 Å². The maximum absolute atomic E-state index is 12.7. The van der Waals surface area contributed by atoms with Gasteiger partial charge in [0.1, 0.15) is 0 Å². The number of aromatic amines is 1. The third-order valence-electron chi connectivity index (χ3n) is 6.21. The lowest BCUT2D eigenvalue weighted by atomic mass is 9.92. The van der Waals surface area contributed by atoms with Crippen LogP contribution in [0.15, 0.2) is 59.2 Å². The van der Waals surface area contributed by atoms with Gasteiger partial charge >= 0.3 is 0 Å². The van der Waals surface area contributed by atoms with E-state index in [4.69, 9.17) is 4.98 Å². The Labute approximate surface area is 194 Å². The molecular formula is C25H23BrN4O2. The largest absolute Gasteiger partial charge is 0.353 e. The van der Waals surface area contributed by atoms with E-state index in [1.54, 1.807) is 19.1 Å². The van der Waals surface area contributed by atoms with E-state index in [-0.39, 0.29) is 11.8 Å². The third-order valence-corrected chi connectivity index (χ3v) is 6.70. The molecule has 7 heteroatoms. The van der Waals surface area contributed by atoms with Crippen molar-refractivity contribution in [3.05, 3.63) is 70.5 Å². The van der Waals surface area contributed by atoms with Crippen LogP contribution in [-0.4, -0.2) is 39.8 Å². The number of halogens is 1. The molecule has 0 radical (unpaired) electrons. The molecule has 2 aromatic heterocycles. The van der Waals surface area contributed by atoms with E-state index in [2.05, 4.69) is 32.3 Å². The van der Waals surface area contributed by atoms with Gasteiger partial charge in [-0.25, -0.2) is 0 Å². The van der Waals surface area contributed by atoms with Gasteiger partial charge in [-0.2, -0.15) is 0 Å². The van der Waals surface area contributed by atoms with Crippen LogP contribution in [0.1, 0.15) is 41.7 Å². The second kappa shape index (κ2) is 8.39. The Morgan fingerprint density at radius 1 is 1.06 bits per heavy atom. The van der Waals surface area contributed by atoms with E-state index in [1.165, 1.54) is 0 Å². The molecule has 3 heterocycles. The molecule has 0 unspecified atom stereocenters. The highest BCUT2D eigenvalue weighted by molar-refractivity contribution is 9.10. The molecule has 2 amide bonds. The predicted molar refractivity (Wildman–Crippen MR) is 130 cm³/mol. The molecule has 1 fully saturated rings. The van der Waals surface area contributed by atoms with E-state index in [1.807, 2.05) is 41.4 Å². The number of H-pyrrole nitrogens is 1. The summed E-state index contributed by atoms with van der Waals surface area (Å²) in [7, 11) is 0. The summed E-state index contributed by atoms with van der Waals surface area (Å²) < 4.78 is 0.867. The molecule has 2 aromatic carbocycles. The normalized spacial score (nSPS) is 14.8. The van der Waals surface area contributed by atoms with Crippen molar-refractivity contribution < 1.29 is 9.59 Å². The van der Waals surface area contributed by atoms with Crippen LogP contribution in [0, 0.1) is 0 Å². The van der Waals surface area contributed by atoms with Crippen molar-refractivity contribution in [2.75, 3.05) is 18.4 Å². The van der Waals surface area contributed by atoms with Crippen LogP contribution < -0.4 is 5.32 Å². The Balaban J connectivity index is 1.43. The second-order valence-corrected chi connectivity index (χ2v) is 9.20. The van der Waals surface area contributed by atoms with Gasteiger partial charge in [-0.3, -0.25) is 14.6 Å². The summed E-state index contributed by atoms with van der Waals surface area (Å²) in [5.41, 5.74) is 4.38. The molecule has 1 aliphatic rings. The maximum Gasteiger partial charge on any atom is 0.255 e. The molecule has 32 heavy (non-hydrogen) atoms. The molecule has 162 valence electrons. The van der Waals surface area contributed by atoms with Gasteiger partial charge in [-0.15, -0.1) is 0 Å². The highest BCUT2D eigenvalue weighted by Crippen LogP contribution is 2.32. The number of piperidine rings is 1. The number of carbonyl (C=O) groups excluding carboxylic acids is 2. The number of aromatic nitrogens is 2. The van der Waals surface area contributed by atoms with Crippen molar-refractivity contribution in [2.45, 2.75) is 25.7 Å². The van der Waals surface area contributed by atoms with Crippen LogP contribution in [0.3, 0.4) is 0 Å². The summed E-state index contributed by atoms with van der Waals surface area (Å²) in [6.45, 7) is 3.18. The number of nitrogens with zero attached hydrogens (tertiary/aromatic N) is 2. The molecule has 0 spiro atoms. The van der Waals surface area contributed by atoms with Crippen molar-refractivity contribution in [2.24, 2.45) is 0 Å². The molecule has 0 aliphatic carbocycles. The van der Waals surface area contributed by atoms with Crippen molar-refractivity contribution in [3.8, 4) is 0 Å². The summed E-state index contributed by atoms with van der Waals surface area (Å²) in [6, 6.07) is 15.4. The smallest absolute Gasteiger partial charge is 0.255 e. The number of likely N-dealkylation sites (tertiary alicyclic amines) is 1. The fourth-order valence-corrected chi connectivity index (χ4v) is 4.84. The Kier molecular flexibility index (Phi) is 5.43. The van der Waals surface area contributed by atoms with Crippen LogP contribution in [0.2, 0.25) is 0 Å². The van der Waals surface area contributed by atoms with E-state index >= 15 is 0 Å². The fourth-order valence-electron chi connectivity index (χ4n) is 4.44. The Hall–Kier alpha value is -3.19. The highest BCUT2D eigenvalue weighted by Gasteiger charge is 2.23. The number of rotatable bonds is 3. The Bertz CT molecular complexity index is 1340. The zero-order valence-corrected chi connectivity index (χ0v) is 19.3. The topological polar surface area (TPSA) is 78.1 Å². The summed E-state index contributed by atoms with van der Waals surface area (Å²) in [6.07, 6.45) is 3.74. The summed E-state index contributed by atoms with van der Waals surface area (Å²) >= 11 is 3.41. The van der Waals surface area contributed by atoms with Gasteiger partial charge in [0, 0.05) is 63.6 Å². The van der Waals surface area contributed by atoms with Gasteiger partial charge in [-0.05, 0) is 55.3 Å². The number of fused-ring (bicyclic) bond motifs is 3. The minimum atomic E-state index is -0.148. The molecule has 2 N–H and O–H groups in total. The van der Waals surface area contributed by atoms with Gasteiger partial charge in [-0.1, -0.05) is 22.0 Å². The average Bonchev–Trinajstić information content (AvgIpc) is 3.16.